The van der Waals surface area contributed by atoms with E-state index in [1.165, 1.54) is 53.6 Å². The molecular weight excluding hydrogens is 893 g/mol. The van der Waals surface area contributed by atoms with Crippen LogP contribution in [0.5, 0.6) is 23.0 Å². The molecule has 0 amide bonds. The second-order valence-corrected chi connectivity index (χ2v) is 19.5. The summed E-state index contributed by atoms with van der Waals surface area (Å²) >= 11 is 0. The first-order valence-electron chi connectivity index (χ1n) is 20.2. The molecule has 0 radical (unpaired) electrons. The molecule has 0 aliphatic carbocycles. The van der Waals surface area contributed by atoms with Gasteiger partial charge >= 0.3 is 0 Å². The van der Waals surface area contributed by atoms with Crippen molar-refractivity contribution in [1.82, 2.24) is 49.5 Å². The molecule has 6 heterocycles. The van der Waals surface area contributed by atoms with Crippen molar-refractivity contribution < 1.29 is 44.6 Å². The summed E-state index contributed by atoms with van der Waals surface area (Å²) in [6.07, 6.45) is 12.8. The lowest BCUT2D eigenvalue weighted by Crippen LogP contribution is -2.24. The summed E-state index contributed by atoms with van der Waals surface area (Å²) in [6.45, 7) is 3.31. The Kier molecular flexibility index (Phi) is 14.5. The van der Waals surface area contributed by atoms with E-state index in [-0.39, 0.29) is 36.0 Å². The summed E-state index contributed by atoms with van der Waals surface area (Å²) in [5, 5.41) is 15.5. The maximum absolute atomic E-state index is 13.3. The Hall–Kier alpha value is -7.46. The van der Waals surface area contributed by atoms with Crippen molar-refractivity contribution >= 4 is 19.7 Å². The Bertz CT molecular complexity index is 2800. The van der Waals surface area contributed by atoms with Gasteiger partial charge in [0.1, 0.15) is 58.5 Å². The van der Waals surface area contributed by atoms with Crippen LogP contribution < -0.4 is 18.9 Å². The lowest BCUT2D eigenvalue weighted by atomic mass is 10.2. The van der Waals surface area contributed by atoms with E-state index in [0.29, 0.717) is 57.5 Å². The van der Waals surface area contributed by atoms with Crippen molar-refractivity contribution in [1.29, 1.82) is 0 Å². The molecule has 0 aliphatic rings. The fraction of sp³-hybridized carbons (Fsp3) is 0.273. The van der Waals surface area contributed by atoms with E-state index < -0.39 is 30.2 Å². The van der Waals surface area contributed by atoms with Crippen LogP contribution in [0.1, 0.15) is 36.6 Å². The molecule has 344 valence electrons. The molecule has 0 fully saturated rings. The van der Waals surface area contributed by atoms with Crippen LogP contribution >= 0.6 is 0 Å². The number of furan rings is 2. The molecule has 6 aromatic heterocycles. The lowest BCUT2D eigenvalue weighted by Gasteiger charge is -2.18. The van der Waals surface area contributed by atoms with Gasteiger partial charge in [-0.25, -0.2) is 36.8 Å². The maximum atomic E-state index is 13.3. The number of ether oxygens (including phenoxy) is 4. The van der Waals surface area contributed by atoms with E-state index in [4.69, 9.17) is 27.8 Å². The first kappa shape index (κ1) is 46.5. The standard InChI is InChI=1S/2C22H23N5O5S/c2*1-15(10-16-11-23-14-24-12-16)33(28,29)13-20-25-26-22(19-8-5-9-32-19)27(20)21-17(30-2)6-4-7-18(21)31-3/h2*4-9,11-12,14-15H,10,13H2,1-3H3/t2*15-/m10/s1. The predicted molar refractivity (Wildman–Crippen MR) is 240 cm³/mol. The van der Waals surface area contributed by atoms with Crippen LogP contribution in [0.2, 0.25) is 0 Å². The summed E-state index contributed by atoms with van der Waals surface area (Å²) in [4.78, 5) is 15.8. The molecule has 0 saturated carbocycles. The monoisotopic (exact) mass is 938 g/mol. The van der Waals surface area contributed by atoms with Gasteiger partial charge in [-0.1, -0.05) is 12.1 Å². The number of para-hydroxylation sites is 2. The van der Waals surface area contributed by atoms with E-state index >= 15 is 0 Å². The van der Waals surface area contributed by atoms with Crippen LogP contribution in [0, 0.1) is 0 Å². The van der Waals surface area contributed by atoms with Crippen LogP contribution in [0.15, 0.2) is 119 Å². The minimum absolute atomic E-state index is 0.209. The number of sulfone groups is 2. The molecule has 0 saturated heterocycles. The zero-order chi connectivity index (χ0) is 46.8. The zero-order valence-electron chi connectivity index (χ0n) is 36.7. The first-order valence-corrected chi connectivity index (χ1v) is 23.6. The molecule has 2 aromatic carbocycles. The van der Waals surface area contributed by atoms with E-state index in [0.717, 1.165) is 11.1 Å². The largest absolute Gasteiger partial charge is 0.494 e. The third-order valence-electron chi connectivity index (χ3n) is 10.4. The Balaban J connectivity index is 0.000000196. The van der Waals surface area contributed by atoms with Crippen molar-refractivity contribution in [3.05, 3.63) is 133 Å². The topological polar surface area (TPSA) is 244 Å². The summed E-state index contributed by atoms with van der Waals surface area (Å²) < 4.78 is 89.6. The summed E-state index contributed by atoms with van der Waals surface area (Å²) in [5.41, 5.74) is 2.43. The average Bonchev–Trinajstić information content (AvgIpc) is 4.18. The quantitative estimate of drug-likeness (QED) is 0.0992. The number of nitrogens with zero attached hydrogens (tertiary/aromatic N) is 10. The highest BCUT2D eigenvalue weighted by molar-refractivity contribution is 7.91. The average molecular weight is 939 g/mol. The molecule has 20 nitrogen and oxygen atoms in total. The minimum atomic E-state index is -3.63. The molecule has 8 rings (SSSR count). The van der Waals surface area contributed by atoms with Crippen LogP contribution in [0.4, 0.5) is 0 Å². The first-order chi connectivity index (χ1) is 31.9. The molecule has 22 heteroatoms. The van der Waals surface area contributed by atoms with Crippen LogP contribution in [-0.2, 0) is 44.0 Å². The number of hydrogen-bond donors (Lipinski definition) is 0. The highest BCUT2D eigenvalue weighted by Crippen LogP contribution is 2.38. The van der Waals surface area contributed by atoms with E-state index in [9.17, 15) is 16.8 Å². The summed E-state index contributed by atoms with van der Waals surface area (Å²) in [7, 11) is -1.16. The number of rotatable bonds is 18. The summed E-state index contributed by atoms with van der Waals surface area (Å²) in [5.74, 6) is 3.10. The van der Waals surface area contributed by atoms with E-state index in [1.807, 2.05) is 0 Å². The lowest BCUT2D eigenvalue weighted by molar-refractivity contribution is 0.390. The van der Waals surface area contributed by atoms with Gasteiger partial charge in [0, 0.05) is 24.8 Å². The third kappa shape index (κ3) is 10.2. The van der Waals surface area contributed by atoms with Crippen molar-refractivity contribution in [2.45, 2.75) is 48.7 Å². The zero-order valence-corrected chi connectivity index (χ0v) is 38.4. The molecule has 0 N–H and O–H groups in total. The Morgan fingerprint density at radius 2 is 0.864 bits per heavy atom. The number of hydrogen-bond acceptors (Lipinski definition) is 18. The fourth-order valence-corrected chi connectivity index (χ4v) is 9.51. The second-order valence-electron chi connectivity index (χ2n) is 14.7. The number of benzene rings is 2. The van der Waals surface area contributed by atoms with Crippen molar-refractivity contribution in [2.24, 2.45) is 0 Å². The van der Waals surface area contributed by atoms with Gasteiger partial charge in [-0.3, -0.25) is 9.13 Å². The Labute approximate surface area is 380 Å². The van der Waals surface area contributed by atoms with Crippen LogP contribution in [0.25, 0.3) is 34.5 Å². The van der Waals surface area contributed by atoms with Crippen molar-refractivity contribution in [2.75, 3.05) is 28.4 Å². The van der Waals surface area contributed by atoms with Gasteiger partial charge in [0.2, 0.25) is 11.6 Å². The molecule has 8 aromatic rings. The molecule has 2 atom stereocenters. The Morgan fingerprint density at radius 1 is 0.515 bits per heavy atom. The maximum Gasteiger partial charge on any atom is 0.204 e. The van der Waals surface area contributed by atoms with Gasteiger partial charge in [-0.2, -0.15) is 0 Å². The normalized spacial score (nSPS) is 12.5. The van der Waals surface area contributed by atoms with Crippen LogP contribution in [-0.4, -0.2) is 105 Å². The molecular formula is C44H46N10O10S2. The highest BCUT2D eigenvalue weighted by atomic mass is 32.2. The van der Waals surface area contributed by atoms with Gasteiger partial charge in [0.15, 0.2) is 42.8 Å². The third-order valence-corrected chi connectivity index (χ3v) is 14.5. The summed E-state index contributed by atoms with van der Waals surface area (Å²) in [6, 6.07) is 17.4. The van der Waals surface area contributed by atoms with Gasteiger partial charge in [0.05, 0.1) is 51.5 Å². The van der Waals surface area contributed by atoms with Gasteiger partial charge in [-0.15, -0.1) is 20.4 Å². The predicted octanol–water partition coefficient (Wildman–Crippen LogP) is 5.76. The number of methoxy groups -OCH3 is 4. The molecule has 0 unspecified atom stereocenters. The molecule has 0 aliphatic heterocycles. The van der Waals surface area contributed by atoms with Crippen molar-refractivity contribution in [3.8, 4) is 57.5 Å². The van der Waals surface area contributed by atoms with E-state index in [2.05, 4.69) is 40.3 Å². The van der Waals surface area contributed by atoms with Gasteiger partial charge in [-0.05, 0) is 86.3 Å². The SMILES string of the molecule is COc1cccc(OC)c1-n1c(CS(=O)(=O)[C@@H](C)Cc2cncnc2)nnc1-c1ccco1.COc1cccc(OC)c1-n1c(CS(=O)(=O)[C@H](C)Cc2cncnc2)nnc1-c1ccco1. The van der Waals surface area contributed by atoms with Gasteiger partial charge < -0.3 is 27.8 Å². The number of aromatic nitrogens is 10. The Morgan fingerprint density at radius 3 is 1.17 bits per heavy atom. The van der Waals surface area contributed by atoms with E-state index in [1.54, 1.807) is 108 Å². The highest BCUT2D eigenvalue weighted by Gasteiger charge is 2.31. The van der Waals surface area contributed by atoms with Crippen LogP contribution in [0.3, 0.4) is 0 Å². The van der Waals surface area contributed by atoms with Crippen molar-refractivity contribution in [3.63, 3.8) is 0 Å². The molecule has 66 heavy (non-hydrogen) atoms. The second kappa shape index (κ2) is 20.6. The fourth-order valence-electron chi connectivity index (χ4n) is 6.96. The smallest absolute Gasteiger partial charge is 0.204 e. The molecule has 0 spiro atoms. The minimum Gasteiger partial charge on any atom is -0.494 e. The van der Waals surface area contributed by atoms with Gasteiger partial charge in [0.25, 0.3) is 0 Å². The molecule has 0 bridgehead atoms.